The molecule has 3 rings (SSSR count). The van der Waals surface area contributed by atoms with E-state index in [1.165, 1.54) is 0 Å². The molecule has 5 nitrogen and oxygen atoms in total. The van der Waals surface area contributed by atoms with Gasteiger partial charge < -0.3 is 5.73 Å². The molecule has 0 aliphatic heterocycles. The minimum absolute atomic E-state index is 0.382. The summed E-state index contributed by atoms with van der Waals surface area (Å²) in [5.41, 5.74) is 9.69. The van der Waals surface area contributed by atoms with Crippen molar-refractivity contribution in [3.05, 3.63) is 71.9 Å². The summed E-state index contributed by atoms with van der Waals surface area (Å²) in [6, 6.07) is 19.4. The van der Waals surface area contributed by atoms with Gasteiger partial charge in [0.1, 0.15) is 5.69 Å². The summed E-state index contributed by atoms with van der Waals surface area (Å²) >= 11 is 0. The standard InChI is InChI=1S/C18H15N5/c19-11-15(10-14-4-2-1-3-5-14)12-23-13-18(21-22-23)16-6-8-17(20)9-7-16/h1-10,13H,12,20H2/b15-10+. The maximum Gasteiger partial charge on any atom is 0.113 e. The molecule has 0 atom stereocenters. The Morgan fingerprint density at radius 1 is 1.13 bits per heavy atom. The highest BCUT2D eigenvalue weighted by atomic mass is 15.4. The first-order chi connectivity index (χ1) is 11.2. The van der Waals surface area contributed by atoms with Crippen molar-refractivity contribution in [2.75, 3.05) is 5.73 Å². The van der Waals surface area contributed by atoms with Crippen LogP contribution in [-0.2, 0) is 6.54 Å². The molecule has 1 heterocycles. The number of nitriles is 1. The lowest BCUT2D eigenvalue weighted by atomic mass is 10.1. The van der Waals surface area contributed by atoms with Crippen LogP contribution in [0.2, 0.25) is 0 Å². The number of allylic oxidation sites excluding steroid dienone is 1. The van der Waals surface area contributed by atoms with Crippen molar-refractivity contribution in [2.45, 2.75) is 6.54 Å². The van der Waals surface area contributed by atoms with Crippen LogP contribution < -0.4 is 5.73 Å². The summed E-state index contributed by atoms with van der Waals surface area (Å²) in [5, 5.41) is 17.5. The van der Waals surface area contributed by atoms with Crippen LogP contribution in [-0.4, -0.2) is 15.0 Å². The van der Waals surface area contributed by atoms with E-state index in [2.05, 4.69) is 16.4 Å². The van der Waals surface area contributed by atoms with Gasteiger partial charge in [0.25, 0.3) is 0 Å². The zero-order chi connectivity index (χ0) is 16.1. The van der Waals surface area contributed by atoms with E-state index in [4.69, 9.17) is 5.73 Å². The Labute approximate surface area is 134 Å². The molecule has 23 heavy (non-hydrogen) atoms. The SMILES string of the molecule is N#C/C(=C\c1ccccc1)Cn1cc(-c2ccc(N)cc2)nn1. The normalized spacial score (nSPS) is 11.2. The lowest BCUT2D eigenvalue weighted by Gasteiger charge is -1.99. The zero-order valence-corrected chi connectivity index (χ0v) is 12.4. The topological polar surface area (TPSA) is 80.5 Å². The molecule has 0 spiro atoms. The molecule has 2 N–H and O–H groups in total. The van der Waals surface area contributed by atoms with Crippen molar-refractivity contribution < 1.29 is 0 Å². The van der Waals surface area contributed by atoms with E-state index in [9.17, 15) is 5.26 Å². The van der Waals surface area contributed by atoms with Crippen LogP contribution in [0.1, 0.15) is 5.56 Å². The van der Waals surface area contributed by atoms with Crippen LogP contribution in [0.25, 0.3) is 17.3 Å². The zero-order valence-electron chi connectivity index (χ0n) is 12.4. The Hall–Kier alpha value is -3.39. The molecular weight excluding hydrogens is 286 g/mol. The van der Waals surface area contributed by atoms with Crippen molar-refractivity contribution in [1.82, 2.24) is 15.0 Å². The van der Waals surface area contributed by atoms with Crippen molar-refractivity contribution in [1.29, 1.82) is 5.26 Å². The maximum absolute atomic E-state index is 9.31. The summed E-state index contributed by atoms with van der Waals surface area (Å²) in [4.78, 5) is 0. The predicted octanol–water partition coefficient (Wildman–Crippen LogP) is 3.13. The number of nitrogens with zero attached hydrogens (tertiary/aromatic N) is 4. The third-order valence-electron chi connectivity index (χ3n) is 3.36. The smallest absolute Gasteiger partial charge is 0.113 e. The van der Waals surface area contributed by atoms with Crippen molar-refractivity contribution in [2.24, 2.45) is 0 Å². The highest BCUT2D eigenvalue weighted by Gasteiger charge is 2.05. The van der Waals surface area contributed by atoms with E-state index >= 15 is 0 Å². The number of hydrogen-bond acceptors (Lipinski definition) is 4. The molecule has 0 aliphatic rings. The summed E-state index contributed by atoms with van der Waals surface area (Å²) in [6.07, 6.45) is 3.67. The molecule has 0 bridgehead atoms. The molecule has 1 aromatic heterocycles. The fourth-order valence-corrected chi connectivity index (χ4v) is 2.20. The number of hydrogen-bond donors (Lipinski definition) is 1. The second-order valence-corrected chi connectivity index (χ2v) is 5.12. The average molecular weight is 301 g/mol. The Bertz CT molecular complexity index is 854. The number of benzene rings is 2. The van der Waals surface area contributed by atoms with Gasteiger partial charge in [0.15, 0.2) is 0 Å². The molecule has 0 saturated heterocycles. The lowest BCUT2D eigenvalue weighted by Crippen LogP contribution is -2.00. The van der Waals surface area contributed by atoms with Gasteiger partial charge in [-0.05, 0) is 23.8 Å². The molecular formula is C18H15N5. The second kappa shape index (κ2) is 6.58. The minimum atomic E-state index is 0.382. The maximum atomic E-state index is 9.31. The number of nitrogens with two attached hydrogens (primary N) is 1. The average Bonchev–Trinajstić information content (AvgIpc) is 3.04. The van der Waals surface area contributed by atoms with Gasteiger partial charge in [0.2, 0.25) is 0 Å². The number of nitrogen functional groups attached to an aromatic ring is 1. The van der Waals surface area contributed by atoms with Gasteiger partial charge in [0.05, 0.1) is 24.4 Å². The van der Waals surface area contributed by atoms with Gasteiger partial charge in [-0.25, -0.2) is 4.68 Å². The fraction of sp³-hybridized carbons (Fsp3) is 0.0556. The predicted molar refractivity (Wildman–Crippen MR) is 89.9 cm³/mol. The van der Waals surface area contributed by atoms with Gasteiger partial charge >= 0.3 is 0 Å². The van der Waals surface area contributed by atoms with Crippen LogP contribution in [0.4, 0.5) is 5.69 Å². The number of aromatic nitrogens is 3. The Morgan fingerprint density at radius 2 is 1.87 bits per heavy atom. The Morgan fingerprint density at radius 3 is 2.57 bits per heavy atom. The first-order valence-electron chi connectivity index (χ1n) is 7.16. The molecule has 5 heteroatoms. The second-order valence-electron chi connectivity index (χ2n) is 5.12. The Kier molecular flexibility index (Phi) is 4.16. The highest BCUT2D eigenvalue weighted by Crippen LogP contribution is 2.18. The Balaban J connectivity index is 1.79. The van der Waals surface area contributed by atoms with Crippen LogP contribution in [0.5, 0.6) is 0 Å². The highest BCUT2D eigenvalue weighted by molar-refractivity contribution is 5.61. The molecule has 0 aliphatic carbocycles. The lowest BCUT2D eigenvalue weighted by molar-refractivity contribution is 0.652. The molecule has 0 fully saturated rings. The molecule has 0 unspecified atom stereocenters. The van der Waals surface area contributed by atoms with Crippen LogP contribution in [0, 0.1) is 11.3 Å². The van der Waals surface area contributed by atoms with Crippen molar-refractivity contribution in [3.63, 3.8) is 0 Å². The van der Waals surface area contributed by atoms with E-state index in [1.54, 1.807) is 4.68 Å². The van der Waals surface area contributed by atoms with Gasteiger partial charge in [-0.15, -0.1) is 5.10 Å². The largest absolute Gasteiger partial charge is 0.399 e. The van der Waals surface area contributed by atoms with Crippen LogP contribution >= 0.6 is 0 Å². The number of rotatable bonds is 4. The van der Waals surface area contributed by atoms with E-state index in [0.717, 1.165) is 16.8 Å². The van der Waals surface area contributed by atoms with E-state index in [0.29, 0.717) is 17.8 Å². The third kappa shape index (κ3) is 3.63. The quantitative estimate of drug-likeness (QED) is 0.593. The monoisotopic (exact) mass is 301 g/mol. The van der Waals surface area contributed by atoms with Gasteiger partial charge in [-0.1, -0.05) is 47.7 Å². The molecule has 0 saturated carbocycles. The van der Waals surface area contributed by atoms with Crippen molar-refractivity contribution in [3.8, 4) is 17.3 Å². The summed E-state index contributed by atoms with van der Waals surface area (Å²) in [6.45, 7) is 0.382. The molecule has 112 valence electrons. The first-order valence-corrected chi connectivity index (χ1v) is 7.16. The fourth-order valence-electron chi connectivity index (χ4n) is 2.20. The summed E-state index contributed by atoms with van der Waals surface area (Å²) in [7, 11) is 0. The summed E-state index contributed by atoms with van der Waals surface area (Å²) < 4.78 is 1.66. The molecule has 2 aromatic carbocycles. The van der Waals surface area contributed by atoms with Gasteiger partial charge in [-0.2, -0.15) is 5.26 Å². The first kappa shape index (κ1) is 14.5. The summed E-state index contributed by atoms with van der Waals surface area (Å²) in [5.74, 6) is 0. The van der Waals surface area contributed by atoms with E-state index < -0.39 is 0 Å². The molecule has 3 aromatic rings. The van der Waals surface area contributed by atoms with E-state index in [1.807, 2.05) is 66.9 Å². The van der Waals surface area contributed by atoms with Crippen molar-refractivity contribution >= 4 is 11.8 Å². The number of anilines is 1. The van der Waals surface area contributed by atoms with Crippen LogP contribution in [0.3, 0.4) is 0 Å². The molecule has 0 amide bonds. The third-order valence-corrected chi connectivity index (χ3v) is 3.36. The van der Waals surface area contributed by atoms with E-state index in [-0.39, 0.29) is 0 Å². The van der Waals surface area contributed by atoms with Crippen LogP contribution in [0.15, 0.2) is 66.4 Å². The van der Waals surface area contributed by atoms with Gasteiger partial charge in [0, 0.05) is 11.3 Å². The van der Waals surface area contributed by atoms with Gasteiger partial charge in [-0.3, -0.25) is 0 Å². The molecule has 0 radical (unpaired) electrons. The minimum Gasteiger partial charge on any atom is -0.399 e.